The van der Waals surface area contributed by atoms with Gasteiger partial charge in [0.25, 0.3) is 0 Å². The topological polar surface area (TPSA) is 59.8 Å². The smallest absolute Gasteiger partial charge is 0.230 e. The molecule has 5 nitrogen and oxygen atoms in total. The minimum Gasteiger partial charge on any atom is -0.349 e. The number of carbonyl (C=O) groups is 1. The van der Waals surface area contributed by atoms with Crippen molar-refractivity contribution < 1.29 is 4.79 Å². The number of hydrogen-bond acceptors (Lipinski definition) is 4. The van der Waals surface area contributed by atoms with Crippen LogP contribution >= 0.6 is 35.0 Å². The fourth-order valence-electron chi connectivity index (χ4n) is 2.63. The van der Waals surface area contributed by atoms with Gasteiger partial charge in [-0.05, 0) is 37.5 Å². The third-order valence-electron chi connectivity index (χ3n) is 4.15. The third kappa shape index (κ3) is 4.61. The number of halogens is 2. The predicted molar refractivity (Wildman–Crippen MR) is 106 cm³/mol. The van der Waals surface area contributed by atoms with Crippen molar-refractivity contribution in [2.24, 2.45) is 0 Å². The Labute approximate surface area is 167 Å². The van der Waals surface area contributed by atoms with Gasteiger partial charge < -0.3 is 9.88 Å². The zero-order valence-electron chi connectivity index (χ0n) is 14.4. The average molecular weight is 411 g/mol. The van der Waals surface area contributed by atoms with Gasteiger partial charge in [0.2, 0.25) is 5.91 Å². The number of rotatable bonds is 8. The summed E-state index contributed by atoms with van der Waals surface area (Å²) >= 11 is 13.4. The molecule has 0 spiro atoms. The van der Waals surface area contributed by atoms with Gasteiger partial charge in [0.05, 0.1) is 21.8 Å². The van der Waals surface area contributed by atoms with Crippen molar-refractivity contribution in [3.8, 4) is 0 Å². The Morgan fingerprint density at radius 3 is 2.85 bits per heavy atom. The molecule has 0 aliphatic heterocycles. The summed E-state index contributed by atoms with van der Waals surface area (Å²) < 4.78 is 2.05. The highest BCUT2D eigenvalue weighted by molar-refractivity contribution is 7.99. The predicted octanol–water partition coefficient (Wildman–Crippen LogP) is 4.62. The Bertz CT molecular complexity index is 820. The molecule has 1 fully saturated rings. The summed E-state index contributed by atoms with van der Waals surface area (Å²) in [7, 11) is 0. The van der Waals surface area contributed by atoms with Gasteiger partial charge in [-0.1, -0.05) is 47.1 Å². The number of benzene rings is 1. The molecule has 1 aromatic heterocycles. The monoisotopic (exact) mass is 410 g/mol. The van der Waals surface area contributed by atoms with Gasteiger partial charge in [-0.25, -0.2) is 0 Å². The summed E-state index contributed by atoms with van der Waals surface area (Å²) in [5.41, 5.74) is 0.906. The molecule has 1 aliphatic rings. The third-order valence-corrected chi connectivity index (χ3v) is 5.86. The normalized spacial score (nSPS) is 14.9. The SMILES string of the molecule is C=CCn1c(SCC(=O)NC(C)c2ccc(Cl)c(Cl)c2)nnc1C1CC1. The first-order valence-electron chi connectivity index (χ1n) is 8.40. The maximum atomic E-state index is 12.3. The van der Waals surface area contributed by atoms with Crippen LogP contribution in [0.5, 0.6) is 0 Å². The van der Waals surface area contributed by atoms with Gasteiger partial charge in [0.1, 0.15) is 5.82 Å². The van der Waals surface area contributed by atoms with Crippen LogP contribution in [-0.4, -0.2) is 26.4 Å². The minimum atomic E-state index is -0.161. The molecule has 1 amide bonds. The van der Waals surface area contributed by atoms with E-state index in [1.807, 2.05) is 23.6 Å². The molecule has 0 saturated heterocycles. The molecule has 1 aromatic carbocycles. The first kappa shape index (κ1) is 19.3. The lowest BCUT2D eigenvalue weighted by atomic mass is 10.1. The fraction of sp³-hybridized carbons (Fsp3) is 0.389. The van der Waals surface area contributed by atoms with Gasteiger partial charge in [-0.2, -0.15) is 0 Å². The highest BCUT2D eigenvalue weighted by atomic mass is 35.5. The van der Waals surface area contributed by atoms with Crippen LogP contribution in [0.2, 0.25) is 10.0 Å². The number of amides is 1. The summed E-state index contributed by atoms with van der Waals surface area (Å²) in [5, 5.41) is 13.2. The van der Waals surface area contributed by atoms with E-state index < -0.39 is 0 Å². The molecule has 3 rings (SSSR count). The molecule has 1 atom stereocenters. The minimum absolute atomic E-state index is 0.0744. The number of thioether (sulfide) groups is 1. The molecule has 1 saturated carbocycles. The zero-order valence-corrected chi connectivity index (χ0v) is 16.7. The van der Waals surface area contributed by atoms with Crippen LogP contribution in [0.25, 0.3) is 0 Å². The molecule has 1 heterocycles. The van der Waals surface area contributed by atoms with E-state index in [-0.39, 0.29) is 17.7 Å². The second-order valence-electron chi connectivity index (χ2n) is 6.27. The lowest BCUT2D eigenvalue weighted by molar-refractivity contribution is -0.119. The Morgan fingerprint density at radius 2 is 2.19 bits per heavy atom. The van der Waals surface area contributed by atoms with Crippen LogP contribution in [0.3, 0.4) is 0 Å². The molecule has 8 heteroatoms. The van der Waals surface area contributed by atoms with Crippen molar-refractivity contribution in [2.75, 3.05) is 5.75 Å². The van der Waals surface area contributed by atoms with Crippen molar-refractivity contribution in [1.82, 2.24) is 20.1 Å². The van der Waals surface area contributed by atoms with Crippen LogP contribution in [0, 0.1) is 0 Å². The van der Waals surface area contributed by atoms with E-state index in [2.05, 4.69) is 22.1 Å². The summed E-state index contributed by atoms with van der Waals surface area (Å²) in [5.74, 6) is 1.69. The van der Waals surface area contributed by atoms with E-state index in [1.54, 1.807) is 12.1 Å². The first-order valence-corrected chi connectivity index (χ1v) is 10.1. The molecule has 0 bridgehead atoms. The van der Waals surface area contributed by atoms with Crippen molar-refractivity contribution in [2.45, 2.75) is 43.4 Å². The van der Waals surface area contributed by atoms with E-state index in [9.17, 15) is 4.79 Å². The van der Waals surface area contributed by atoms with Crippen molar-refractivity contribution in [3.63, 3.8) is 0 Å². The summed E-state index contributed by atoms with van der Waals surface area (Å²) in [6.45, 7) is 6.36. The largest absolute Gasteiger partial charge is 0.349 e. The van der Waals surface area contributed by atoms with Gasteiger partial charge in [0.15, 0.2) is 5.16 Å². The standard InChI is InChI=1S/C18H20Cl2N4OS/c1-3-8-24-17(12-4-5-12)22-23-18(24)26-10-16(25)21-11(2)13-6-7-14(19)15(20)9-13/h3,6-7,9,11-12H,1,4-5,8,10H2,2H3,(H,21,25). The average Bonchev–Trinajstić information content (AvgIpc) is 3.38. The second kappa shape index (κ2) is 8.46. The highest BCUT2D eigenvalue weighted by Gasteiger charge is 2.30. The number of nitrogens with one attached hydrogen (secondary N) is 1. The number of aromatic nitrogens is 3. The van der Waals surface area contributed by atoms with Gasteiger partial charge in [0, 0.05) is 12.5 Å². The maximum Gasteiger partial charge on any atom is 0.230 e. The first-order chi connectivity index (χ1) is 12.5. The number of hydrogen-bond donors (Lipinski definition) is 1. The number of carbonyl (C=O) groups excluding carboxylic acids is 1. The molecule has 1 N–H and O–H groups in total. The van der Waals surface area contributed by atoms with E-state index in [0.717, 1.165) is 29.4 Å². The number of allylic oxidation sites excluding steroid dienone is 1. The molecular formula is C18H20Cl2N4OS. The Kier molecular flexibility index (Phi) is 6.27. The highest BCUT2D eigenvalue weighted by Crippen LogP contribution is 2.40. The quantitative estimate of drug-likeness (QED) is 0.509. The Hall–Kier alpha value is -1.50. The molecule has 1 aliphatic carbocycles. The molecular weight excluding hydrogens is 391 g/mol. The molecule has 2 aromatic rings. The Balaban J connectivity index is 1.58. The summed E-state index contributed by atoms with van der Waals surface area (Å²) in [6, 6.07) is 5.19. The van der Waals surface area contributed by atoms with Gasteiger partial charge in [-0.15, -0.1) is 16.8 Å². The van der Waals surface area contributed by atoms with Gasteiger partial charge >= 0.3 is 0 Å². The summed E-state index contributed by atoms with van der Waals surface area (Å²) in [6.07, 6.45) is 4.13. The van der Waals surface area contributed by atoms with Gasteiger partial charge in [-0.3, -0.25) is 4.79 Å². The van der Waals surface area contributed by atoms with Crippen molar-refractivity contribution >= 4 is 40.9 Å². The van der Waals surface area contributed by atoms with Crippen LogP contribution in [-0.2, 0) is 11.3 Å². The lowest BCUT2D eigenvalue weighted by Gasteiger charge is -2.15. The van der Waals surface area contributed by atoms with Crippen LogP contribution in [0.4, 0.5) is 0 Å². The van der Waals surface area contributed by atoms with E-state index >= 15 is 0 Å². The van der Waals surface area contributed by atoms with Crippen molar-refractivity contribution in [3.05, 3.63) is 52.3 Å². The summed E-state index contributed by atoms with van der Waals surface area (Å²) in [4.78, 5) is 12.3. The zero-order chi connectivity index (χ0) is 18.7. The van der Waals surface area contributed by atoms with E-state index in [0.29, 0.717) is 22.5 Å². The number of nitrogens with zero attached hydrogens (tertiary/aromatic N) is 3. The van der Waals surface area contributed by atoms with Crippen LogP contribution < -0.4 is 5.32 Å². The lowest BCUT2D eigenvalue weighted by Crippen LogP contribution is -2.28. The second-order valence-corrected chi connectivity index (χ2v) is 8.02. The van der Waals surface area contributed by atoms with E-state index in [4.69, 9.17) is 23.2 Å². The van der Waals surface area contributed by atoms with Crippen LogP contribution in [0.1, 0.15) is 43.1 Å². The molecule has 26 heavy (non-hydrogen) atoms. The molecule has 138 valence electrons. The fourth-order valence-corrected chi connectivity index (χ4v) is 3.70. The molecule has 1 unspecified atom stereocenters. The van der Waals surface area contributed by atoms with Crippen LogP contribution in [0.15, 0.2) is 36.0 Å². The Morgan fingerprint density at radius 1 is 1.42 bits per heavy atom. The van der Waals surface area contributed by atoms with Crippen molar-refractivity contribution in [1.29, 1.82) is 0 Å². The maximum absolute atomic E-state index is 12.3. The molecule has 0 radical (unpaired) electrons. The van der Waals surface area contributed by atoms with E-state index in [1.165, 1.54) is 11.8 Å².